The van der Waals surface area contributed by atoms with Crippen molar-refractivity contribution in [2.45, 2.75) is 60.5 Å². The van der Waals surface area contributed by atoms with Crippen LogP contribution in [-0.2, 0) is 14.4 Å². The normalized spacial score (nSPS) is 10.9. The van der Waals surface area contributed by atoms with Crippen LogP contribution in [0.1, 0.15) is 48.5 Å². The number of carbonyl (C=O) groups excluding carboxylic acids is 4. The van der Waals surface area contributed by atoms with Crippen LogP contribution in [0.2, 0.25) is 0 Å². The highest BCUT2D eigenvalue weighted by atomic mass is 16.6. The Kier molecular flexibility index (Phi) is 8.74. The number of rotatable bonds is 7. The zero-order chi connectivity index (χ0) is 29.0. The van der Waals surface area contributed by atoms with Gasteiger partial charge in [0.25, 0.3) is 0 Å². The van der Waals surface area contributed by atoms with Crippen molar-refractivity contribution in [1.29, 1.82) is 0 Å². The summed E-state index contributed by atoms with van der Waals surface area (Å²) in [7, 11) is 0. The quantitative estimate of drug-likeness (QED) is 0.302. The van der Waals surface area contributed by atoms with Crippen molar-refractivity contribution in [2.75, 3.05) is 0 Å². The molecule has 0 unspecified atom stereocenters. The summed E-state index contributed by atoms with van der Waals surface area (Å²) in [5, 5.41) is -0.200. The minimum absolute atomic E-state index is 0.0567. The molecule has 1 aromatic heterocycles. The van der Waals surface area contributed by atoms with Crippen LogP contribution in [-0.4, -0.2) is 41.0 Å². The Bertz CT molecular complexity index is 1480. The molecule has 0 radical (unpaired) electrons. The van der Waals surface area contributed by atoms with Gasteiger partial charge in [-0.05, 0) is 52.0 Å². The third-order valence-corrected chi connectivity index (χ3v) is 5.31. The Morgan fingerprint density at radius 3 is 1.79 bits per heavy atom. The van der Waals surface area contributed by atoms with Crippen LogP contribution < -0.4 is 24.4 Å². The first-order valence-electron chi connectivity index (χ1n) is 12.1. The zero-order valence-electron chi connectivity index (χ0n) is 22.6. The van der Waals surface area contributed by atoms with E-state index >= 15 is 0 Å². The van der Waals surface area contributed by atoms with Gasteiger partial charge in [-0.1, -0.05) is 0 Å². The zero-order valence-corrected chi connectivity index (χ0v) is 22.6. The summed E-state index contributed by atoms with van der Waals surface area (Å²) in [6.07, 6.45) is -0.496. The number of esters is 3. The standard InChI is InChI=1S/C28H29NO10/c1-14(2)29(15(3)4)28(34)38-20-10-8-19(9-11-20)22-12-21(33)25-23(39-22)13-24(35-16(5)30)26(36-17(6)31)27(25)37-18(7)32/h8-15H,1-7H3. The highest BCUT2D eigenvalue weighted by molar-refractivity contribution is 5.94. The molecule has 0 bridgehead atoms. The summed E-state index contributed by atoms with van der Waals surface area (Å²) < 4.78 is 26.9. The highest BCUT2D eigenvalue weighted by Gasteiger charge is 2.26. The molecular weight excluding hydrogens is 510 g/mol. The van der Waals surface area contributed by atoms with Crippen molar-refractivity contribution in [3.8, 4) is 34.3 Å². The molecule has 11 nitrogen and oxygen atoms in total. The van der Waals surface area contributed by atoms with E-state index in [1.807, 2.05) is 27.7 Å². The average molecular weight is 540 g/mol. The second kappa shape index (κ2) is 11.8. The molecule has 0 spiro atoms. The lowest BCUT2D eigenvalue weighted by Crippen LogP contribution is -2.43. The van der Waals surface area contributed by atoms with Crippen molar-refractivity contribution < 1.29 is 42.5 Å². The molecule has 0 saturated carbocycles. The molecule has 2 aromatic carbocycles. The summed E-state index contributed by atoms with van der Waals surface area (Å²) in [6, 6.07) is 8.53. The molecule has 0 aliphatic heterocycles. The number of fused-ring (bicyclic) bond motifs is 1. The summed E-state index contributed by atoms with van der Waals surface area (Å²) in [6.45, 7) is 10.9. The Morgan fingerprint density at radius 1 is 0.744 bits per heavy atom. The van der Waals surface area contributed by atoms with Gasteiger partial charge >= 0.3 is 24.0 Å². The van der Waals surface area contributed by atoms with Gasteiger partial charge in [0.2, 0.25) is 5.75 Å². The van der Waals surface area contributed by atoms with E-state index in [1.54, 1.807) is 29.2 Å². The number of nitrogens with zero attached hydrogens (tertiary/aromatic N) is 1. The van der Waals surface area contributed by atoms with Crippen molar-refractivity contribution in [3.63, 3.8) is 0 Å². The Morgan fingerprint density at radius 2 is 1.28 bits per heavy atom. The van der Waals surface area contributed by atoms with Gasteiger partial charge in [-0.3, -0.25) is 19.2 Å². The van der Waals surface area contributed by atoms with Gasteiger partial charge in [-0.2, -0.15) is 0 Å². The second-order valence-electron chi connectivity index (χ2n) is 9.15. The van der Waals surface area contributed by atoms with Crippen LogP contribution in [0.4, 0.5) is 4.79 Å². The topological polar surface area (TPSA) is 139 Å². The first-order valence-corrected chi connectivity index (χ1v) is 12.1. The largest absolute Gasteiger partial charge is 0.456 e. The van der Waals surface area contributed by atoms with E-state index in [4.69, 9.17) is 23.4 Å². The fourth-order valence-corrected chi connectivity index (χ4v) is 3.96. The molecule has 3 aromatic rings. The molecule has 3 rings (SSSR count). The first-order chi connectivity index (χ1) is 18.3. The maximum atomic E-state index is 13.2. The molecule has 0 saturated heterocycles. The molecule has 1 heterocycles. The van der Waals surface area contributed by atoms with Crippen LogP contribution in [0.15, 0.2) is 45.6 Å². The fourth-order valence-electron chi connectivity index (χ4n) is 3.96. The van der Waals surface area contributed by atoms with E-state index < -0.39 is 40.9 Å². The highest BCUT2D eigenvalue weighted by Crippen LogP contribution is 2.44. The molecule has 39 heavy (non-hydrogen) atoms. The molecule has 0 atom stereocenters. The number of amides is 1. The van der Waals surface area contributed by atoms with E-state index in [-0.39, 0.29) is 34.6 Å². The Labute approximate surface area is 224 Å². The van der Waals surface area contributed by atoms with Crippen molar-refractivity contribution in [2.24, 2.45) is 0 Å². The number of hydrogen-bond acceptors (Lipinski definition) is 10. The summed E-state index contributed by atoms with van der Waals surface area (Å²) >= 11 is 0. The maximum absolute atomic E-state index is 13.2. The van der Waals surface area contributed by atoms with E-state index in [2.05, 4.69) is 0 Å². The van der Waals surface area contributed by atoms with Crippen molar-refractivity contribution in [3.05, 3.63) is 46.6 Å². The summed E-state index contributed by atoms with van der Waals surface area (Å²) in [5.74, 6) is -3.08. The van der Waals surface area contributed by atoms with Crippen LogP contribution in [0, 0.1) is 0 Å². The van der Waals surface area contributed by atoms with E-state index in [0.717, 1.165) is 20.8 Å². The van der Waals surface area contributed by atoms with Gasteiger partial charge in [0.15, 0.2) is 16.9 Å². The lowest BCUT2D eigenvalue weighted by Gasteiger charge is -2.29. The van der Waals surface area contributed by atoms with Gasteiger partial charge in [0.1, 0.15) is 22.5 Å². The van der Waals surface area contributed by atoms with Crippen LogP contribution in [0.5, 0.6) is 23.0 Å². The second-order valence-corrected chi connectivity index (χ2v) is 9.15. The summed E-state index contributed by atoms with van der Waals surface area (Å²) in [5.41, 5.74) is -0.253. The van der Waals surface area contributed by atoms with Crippen LogP contribution in [0.3, 0.4) is 0 Å². The molecule has 206 valence electrons. The molecular formula is C28H29NO10. The van der Waals surface area contributed by atoms with Gasteiger partial charge in [-0.15, -0.1) is 0 Å². The van der Waals surface area contributed by atoms with Crippen LogP contribution in [0.25, 0.3) is 22.3 Å². The third-order valence-electron chi connectivity index (χ3n) is 5.31. The first kappa shape index (κ1) is 28.9. The Hall–Kier alpha value is -4.67. The summed E-state index contributed by atoms with van der Waals surface area (Å²) in [4.78, 5) is 62.6. The number of carbonyl (C=O) groups is 4. The average Bonchev–Trinajstić information content (AvgIpc) is 2.79. The van der Waals surface area contributed by atoms with Gasteiger partial charge in [0.05, 0.1) is 0 Å². The number of benzene rings is 2. The molecule has 0 aliphatic rings. The van der Waals surface area contributed by atoms with E-state index in [0.29, 0.717) is 11.3 Å². The Balaban J connectivity index is 2.09. The minimum atomic E-state index is -0.813. The van der Waals surface area contributed by atoms with Gasteiger partial charge in [-0.25, -0.2) is 4.79 Å². The van der Waals surface area contributed by atoms with Gasteiger partial charge in [0, 0.05) is 50.6 Å². The minimum Gasteiger partial charge on any atom is -0.456 e. The fraction of sp³-hybridized carbons (Fsp3) is 0.321. The maximum Gasteiger partial charge on any atom is 0.415 e. The smallest absolute Gasteiger partial charge is 0.415 e. The molecule has 0 aliphatic carbocycles. The van der Waals surface area contributed by atoms with E-state index in [9.17, 15) is 24.0 Å². The lowest BCUT2D eigenvalue weighted by molar-refractivity contribution is -0.135. The SMILES string of the molecule is CC(=O)Oc1cc2oc(-c3ccc(OC(=O)N(C(C)C)C(C)C)cc3)cc(=O)c2c(OC(C)=O)c1OC(C)=O. The lowest BCUT2D eigenvalue weighted by atomic mass is 10.1. The molecule has 0 N–H and O–H groups in total. The predicted octanol–water partition coefficient (Wildman–Crippen LogP) is 4.85. The number of ether oxygens (including phenoxy) is 4. The molecule has 0 fully saturated rings. The van der Waals surface area contributed by atoms with E-state index in [1.165, 1.54) is 12.1 Å². The van der Waals surface area contributed by atoms with Crippen molar-refractivity contribution >= 4 is 35.0 Å². The molecule has 11 heteroatoms. The third kappa shape index (κ3) is 6.81. The monoisotopic (exact) mass is 539 g/mol. The molecule has 1 amide bonds. The number of hydrogen-bond donors (Lipinski definition) is 0. The van der Waals surface area contributed by atoms with Gasteiger partial charge < -0.3 is 28.3 Å². The predicted molar refractivity (Wildman–Crippen MR) is 140 cm³/mol. The van der Waals surface area contributed by atoms with Crippen molar-refractivity contribution in [1.82, 2.24) is 4.90 Å². The van der Waals surface area contributed by atoms with Crippen LogP contribution >= 0.6 is 0 Å².